The Morgan fingerprint density at radius 2 is 2.40 bits per heavy atom. The molecular weight excluding hydrogens is 81.8 g/mol. The van der Waals surface area contributed by atoms with Gasteiger partial charge in [0, 0.05) is 0 Å². The first-order valence-electron chi connectivity index (χ1n) is 1.50. The first-order chi connectivity index (χ1) is 2.41. The standard InChI is InChI=1S/CH8BN2P/c1-3-4-5-2/h3-5H,2H2,1H3. The van der Waals surface area contributed by atoms with Crippen LogP contribution in [0.5, 0.6) is 0 Å². The Morgan fingerprint density at radius 3 is 2.40 bits per heavy atom. The van der Waals surface area contributed by atoms with Crippen LogP contribution in [0.2, 0.25) is 0 Å². The minimum Gasteiger partial charge on any atom is -0.258 e. The van der Waals surface area contributed by atoms with E-state index in [-0.39, 0.29) is 0 Å². The monoisotopic (exact) mass is 90.1 g/mol. The zero-order valence-electron chi connectivity index (χ0n) is 3.50. The molecule has 1 atom stereocenters. The largest absolute Gasteiger partial charge is 0.258 e. The molecule has 0 aliphatic rings. The third-order valence-corrected chi connectivity index (χ3v) is 0.750. The van der Waals surface area contributed by atoms with E-state index in [1.807, 2.05) is 7.05 Å². The highest BCUT2D eigenvalue weighted by Gasteiger charge is 1.59. The average molecular weight is 89.9 g/mol. The smallest absolute Gasteiger partial charge is 0.150 e. The predicted octanol–water partition coefficient (Wildman–Crippen LogP) is -1.15. The van der Waals surface area contributed by atoms with Crippen LogP contribution in [-0.2, 0) is 0 Å². The normalized spacial score (nSPS) is 10.6. The van der Waals surface area contributed by atoms with Crippen molar-refractivity contribution in [2.24, 2.45) is 0 Å². The molecule has 0 rings (SSSR count). The molecule has 0 spiro atoms. The van der Waals surface area contributed by atoms with E-state index in [0.29, 0.717) is 0 Å². The number of hydrogen-bond acceptors (Lipinski definition) is 2. The van der Waals surface area contributed by atoms with E-state index in [1.165, 1.54) is 0 Å². The van der Waals surface area contributed by atoms with E-state index in [2.05, 4.69) is 18.2 Å². The zero-order chi connectivity index (χ0) is 4.12. The molecule has 2 N–H and O–H groups in total. The molecular formula is CH8BN2P. The minimum absolute atomic E-state index is 0.797. The topological polar surface area (TPSA) is 24.1 Å². The molecule has 0 fully saturated rings. The van der Waals surface area contributed by atoms with Crippen molar-refractivity contribution in [3.8, 4) is 0 Å². The van der Waals surface area contributed by atoms with E-state index < -0.39 is 0 Å². The third kappa shape index (κ3) is 4.41. The first-order valence-corrected chi connectivity index (χ1v) is 3.00. The van der Waals surface area contributed by atoms with Crippen molar-refractivity contribution in [1.29, 1.82) is 0 Å². The van der Waals surface area contributed by atoms with E-state index >= 15 is 0 Å². The van der Waals surface area contributed by atoms with Crippen molar-refractivity contribution in [1.82, 2.24) is 10.6 Å². The number of nitrogens with one attached hydrogen (secondary N) is 2. The average Bonchev–Trinajstić information content (AvgIpc) is 1.41. The summed E-state index contributed by atoms with van der Waals surface area (Å²) in [5, 5.41) is 2.89. The first kappa shape index (κ1) is 5.41. The van der Waals surface area contributed by atoms with Crippen molar-refractivity contribution >= 4 is 16.2 Å². The number of rotatable bonds is 2. The van der Waals surface area contributed by atoms with Gasteiger partial charge >= 0.3 is 0 Å². The van der Waals surface area contributed by atoms with Gasteiger partial charge in [-0.2, -0.15) is 0 Å². The van der Waals surface area contributed by atoms with E-state index in [4.69, 9.17) is 0 Å². The van der Waals surface area contributed by atoms with Gasteiger partial charge < -0.3 is 0 Å². The van der Waals surface area contributed by atoms with Gasteiger partial charge in [-0.15, -0.1) is 0 Å². The van der Waals surface area contributed by atoms with Crippen LogP contribution in [-0.4, -0.2) is 14.6 Å². The van der Waals surface area contributed by atoms with Gasteiger partial charge in [-0.25, -0.2) is 5.20 Å². The summed E-state index contributed by atoms with van der Waals surface area (Å²) in [5.74, 6) is 0. The fraction of sp³-hybridized carbons (Fsp3) is 1.00. The lowest BCUT2D eigenvalue weighted by atomic mass is 10.8. The molecule has 0 saturated carbocycles. The van der Waals surface area contributed by atoms with Crippen LogP contribution in [0.4, 0.5) is 0 Å². The Balaban J connectivity index is 2.19. The Hall–Kier alpha value is 0.415. The summed E-state index contributed by atoms with van der Waals surface area (Å²) in [7, 11) is 4.72. The summed E-state index contributed by atoms with van der Waals surface area (Å²) in [6, 6.07) is 0. The highest BCUT2D eigenvalue weighted by molar-refractivity contribution is 7.64. The van der Waals surface area contributed by atoms with Gasteiger partial charge in [-0.1, -0.05) is 8.61 Å². The van der Waals surface area contributed by atoms with Crippen molar-refractivity contribution < 1.29 is 0 Å². The quantitative estimate of drug-likeness (QED) is 0.254. The predicted molar refractivity (Wildman–Crippen MR) is 29.1 cm³/mol. The molecule has 2 nitrogen and oxygen atoms in total. The fourth-order valence-electron chi connectivity index (χ4n) is 0.125. The highest BCUT2D eigenvalue weighted by Crippen LogP contribution is 1.81. The maximum absolute atomic E-state index is 2.89. The molecule has 5 heavy (non-hydrogen) atoms. The van der Waals surface area contributed by atoms with Crippen molar-refractivity contribution in [3.05, 3.63) is 0 Å². The molecule has 1 unspecified atom stereocenters. The van der Waals surface area contributed by atoms with Crippen molar-refractivity contribution in [2.75, 3.05) is 7.05 Å². The van der Waals surface area contributed by atoms with Gasteiger partial charge in [0.15, 0.2) is 7.57 Å². The molecule has 0 heterocycles. The second kappa shape index (κ2) is 4.41. The van der Waals surface area contributed by atoms with Crippen LogP contribution in [0.15, 0.2) is 0 Å². The van der Waals surface area contributed by atoms with Crippen LogP contribution in [0.25, 0.3) is 0 Å². The molecule has 0 saturated heterocycles. The number of hydrazine groups is 1. The molecule has 30 valence electrons. The van der Waals surface area contributed by atoms with E-state index in [9.17, 15) is 0 Å². The van der Waals surface area contributed by atoms with Crippen molar-refractivity contribution in [3.63, 3.8) is 0 Å². The minimum atomic E-state index is 0.797. The second-order valence-electron chi connectivity index (χ2n) is 0.625. The van der Waals surface area contributed by atoms with Gasteiger partial charge in [0.1, 0.15) is 0 Å². The molecule has 0 radical (unpaired) electrons. The number of hydrogen-bond donors (Lipinski definition) is 2. The SMILES string of the molecule is BPNNC. The summed E-state index contributed by atoms with van der Waals surface area (Å²) in [6.07, 6.45) is 0. The third-order valence-electron chi connectivity index (χ3n) is 0.250. The van der Waals surface area contributed by atoms with Crippen LogP contribution < -0.4 is 10.6 Å². The summed E-state index contributed by atoms with van der Waals surface area (Å²) in [5.41, 5.74) is 2.78. The molecule has 0 aromatic rings. The maximum atomic E-state index is 2.89. The Kier molecular flexibility index (Phi) is 4.78. The van der Waals surface area contributed by atoms with E-state index in [0.717, 1.165) is 8.61 Å². The fourth-order valence-corrected chi connectivity index (χ4v) is 0.375. The second-order valence-corrected chi connectivity index (χ2v) is 1.38. The molecule has 0 aliphatic heterocycles. The molecule has 0 aromatic heterocycles. The summed E-state index contributed by atoms with van der Waals surface area (Å²) in [4.78, 5) is 0. The van der Waals surface area contributed by atoms with Crippen LogP contribution >= 0.6 is 8.61 Å². The Bertz CT molecular complexity index is 17.1. The summed E-state index contributed by atoms with van der Waals surface area (Å²) < 4.78 is 0. The van der Waals surface area contributed by atoms with Crippen LogP contribution in [0.1, 0.15) is 0 Å². The Labute approximate surface area is 34.9 Å². The Morgan fingerprint density at radius 1 is 1.80 bits per heavy atom. The van der Waals surface area contributed by atoms with Crippen LogP contribution in [0.3, 0.4) is 0 Å². The lowest BCUT2D eigenvalue weighted by Crippen LogP contribution is -2.17. The zero-order valence-corrected chi connectivity index (χ0v) is 4.50. The maximum Gasteiger partial charge on any atom is 0.150 e. The van der Waals surface area contributed by atoms with Crippen LogP contribution in [0, 0.1) is 0 Å². The lowest BCUT2D eigenvalue weighted by molar-refractivity contribution is 0.816. The van der Waals surface area contributed by atoms with E-state index in [1.54, 1.807) is 0 Å². The molecule has 0 bridgehead atoms. The summed E-state index contributed by atoms with van der Waals surface area (Å²) >= 11 is 0. The van der Waals surface area contributed by atoms with Gasteiger partial charge in [0.25, 0.3) is 0 Å². The van der Waals surface area contributed by atoms with Gasteiger partial charge in [0.2, 0.25) is 0 Å². The molecule has 0 aromatic carbocycles. The van der Waals surface area contributed by atoms with Gasteiger partial charge in [0.05, 0.1) is 0 Å². The molecule has 0 amide bonds. The van der Waals surface area contributed by atoms with Gasteiger partial charge in [-0.3, -0.25) is 5.43 Å². The molecule has 0 aliphatic carbocycles. The highest BCUT2D eigenvalue weighted by atomic mass is 31.1. The summed E-state index contributed by atoms with van der Waals surface area (Å²) in [6.45, 7) is 0. The van der Waals surface area contributed by atoms with Gasteiger partial charge in [-0.05, 0) is 7.05 Å². The lowest BCUT2D eigenvalue weighted by Gasteiger charge is -1.90. The van der Waals surface area contributed by atoms with Crippen molar-refractivity contribution in [2.45, 2.75) is 0 Å². The molecule has 4 heteroatoms.